The van der Waals surface area contributed by atoms with Crippen molar-refractivity contribution in [3.05, 3.63) is 34.9 Å². The molecule has 0 radical (unpaired) electrons. The third-order valence-corrected chi connectivity index (χ3v) is 2.71. The maximum absolute atomic E-state index is 12.1. The highest BCUT2D eigenvalue weighted by atomic mass is 32.1. The minimum atomic E-state index is -4.20. The number of aromatic nitrogens is 2. The second-order valence-corrected chi connectivity index (χ2v) is 4.10. The van der Waals surface area contributed by atoms with Crippen molar-refractivity contribution in [1.29, 1.82) is 0 Å². The molecule has 0 amide bonds. The molecule has 0 aliphatic rings. The zero-order valence-corrected chi connectivity index (χ0v) is 8.85. The van der Waals surface area contributed by atoms with Crippen LogP contribution in [0.2, 0.25) is 0 Å². The molecule has 2 heterocycles. The molecule has 0 bridgehead atoms. The van der Waals surface area contributed by atoms with Gasteiger partial charge in [-0.15, -0.1) is 11.3 Å². The SMILES string of the molecule is FC(F)(F)Cc1nc(-c2cccnc2)cs1. The van der Waals surface area contributed by atoms with Crippen molar-refractivity contribution in [3.8, 4) is 11.3 Å². The number of alkyl halides is 3. The van der Waals surface area contributed by atoms with Gasteiger partial charge in [-0.05, 0) is 12.1 Å². The van der Waals surface area contributed by atoms with Crippen LogP contribution < -0.4 is 0 Å². The Hall–Kier alpha value is -1.43. The van der Waals surface area contributed by atoms with Crippen LogP contribution in [-0.4, -0.2) is 16.1 Å². The number of nitrogens with zero attached hydrogens (tertiary/aromatic N) is 2. The summed E-state index contributed by atoms with van der Waals surface area (Å²) in [5, 5.41) is 1.68. The predicted octanol–water partition coefficient (Wildman–Crippen LogP) is 3.31. The molecule has 0 fully saturated rings. The Balaban J connectivity index is 2.21. The topological polar surface area (TPSA) is 25.8 Å². The molecule has 84 valence electrons. The van der Waals surface area contributed by atoms with Gasteiger partial charge in [0.15, 0.2) is 0 Å². The standard InChI is InChI=1S/C10H7F3N2S/c11-10(12,13)4-9-15-8(6-16-9)7-2-1-3-14-5-7/h1-3,5-6H,4H2. The number of hydrogen-bond acceptors (Lipinski definition) is 3. The first-order valence-corrected chi connectivity index (χ1v) is 5.34. The average molecular weight is 244 g/mol. The summed E-state index contributed by atoms with van der Waals surface area (Å²) >= 11 is 1.01. The largest absolute Gasteiger partial charge is 0.395 e. The zero-order valence-electron chi connectivity index (χ0n) is 8.03. The Morgan fingerprint density at radius 2 is 2.12 bits per heavy atom. The van der Waals surface area contributed by atoms with Crippen LogP contribution in [0.4, 0.5) is 13.2 Å². The van der Waals surface area contributed by atoms with E-state index in [0.717, 1.165) is 16.9 Å². The molecule has 2 rings (SSSR count). The number of halogens is 3. The highest BCUT2D eigenvalue weighted by Gasteiger charge is 2.29. The van der Waals surface area contributed by atoms with Crippen molar-refractivity contribution >= 4 is 11.3 Å². The van der Waals surface area contributed by atoms with Crippen molar-refractivity contribution in [3.63, 3.8) is 0 Å². The van der Waals surface area contributed by atoms with E-state index in [1.165, 1.54) is 0 Å². The van der Waals surface area contributed by atoms with Crippen LogP contribution >= 0.6 is 11.3 Å². The normalized spacial score (nSPS) is 11.7. The summed E-state index contributed by atoms with van der Waals surface area (Å²) in [6.07, 6.45) is -2.00. The van der Waals surface area contributed by atoms with Crippen LogP contribution in [0.5, 0.6) is 0 Å². The summed E-state index contributed by atoms with van der Waals surface area (Å²) in [6, 6.07) is 3.48. The van der Waals surface area contributed by atoms with Crippen LogP contribution in [0.1, 0.15) is 5.01 Å². The summed E-state index contributed by atoms with van der Waals surface area (Å²) in [5.74, 6) is 0. The quantitative estimate of drug-likeness (QED) is 0.810. The Bertz CT molecular complexity index is 464. The van der Waals surface area contributed by atoms with Gasteiger partial charge in [0, 0.05) is 23.3 Å². The number of hydrogen-bond donors (Lipinski definition) is 0. The van der Waals surface area contributed by atoms with Crippen LogP contribution in [0.25, 0.3) is 11.3 Å². The van der Waals surface area contributed by atoms with Crippen molar-refractivity contribution < 1.29 is 13.2 Å². The van der Waals surface area contributed by atoms with Gasteiger partial charge in [0.2, 0.25) is 0 Å². The molecule has 0 saturated heterocycles. The van der Waals surface area contributed by atoms with Crippen molar-refractivity contribution in [2.24, 2.45) is 0 Å². The highest BCUT2D eigenvalue weighted by Crippen LogP contribution is 2.26. The monoisotopic (exact) mass is 244 g/mol. The lowest BCUT2D eigenvalue weighted by Gasteiger charge is -2.01. The minimum Gasteiger partial charge on any atom is -0.264 e. The Morgan fingerprint density at radius 1 is 1.31 bits per heavy atom. The predicted molar refractivity (Wildman–Crippen MR) is 55.1 cm³/mol. The minimum absolute atomic E-state index is 0.0753. The smallest absolute Gasteiger partial charge is 0.264 e. The highest BCUT2D eigenvalue weighted by molar-refractivity contribution is 7.09. The molecule has 2 nitrogen and oxygen atoms in total. The summed E-state index contributed by atoms with van der Waals surface area (Å²) in [5.41, 5.74) is 1.27. The summed E-state index contributed by atoms with van der Waals surface area (Å²) in [4.78, 5) is 7.81. The molecular formula is C10H7F3N2S. The van der Waals surface area contributed by atoms with E-state index < -0.39 is 12.6 Å². The average Bonchev–Trinajstić information content (AvgIpc) is 2.65. The molecule has 2 aromatic heterocycles. The van der Waals surface area contributed by atoms with Gasteiger partial charge in [0.05, 0.1) is 12.1 Å². The number of thiazole rings is 1. The fraction of sp³-hybridized carbons (Fsp3) is 0.200. The summed E-state index contributed by atoms with van der Waals surface area (Å²) < 4.78 is 36.3. The lowest BCUT2D eigenvalue weighted by atomic mass is 10.2. The van der Waals surface area contributed by atoms with Crippen molar-refractivity contribution in [2.45, 2.75) is 12.6 Å². The molecule has 16 heavy (non-hydrogen) atoms. The first-order valence-electron chi connectivity index (χ1n) is 4.46. The van der Waals surface area contributed by atoms with Gasteiger partial charge in [-0.3, -0.25) is 4.98 Å². The molecular weight excluding hydrogens is 237 g/mol. The second-order valence-electron chi connectivity index (χ2n) is 3.16. The van der Waals surface area contributed by atoms with E-state index in [1.54, 1.807) is 29.9 Å². The van der Waals surface area contributed by atoms with Gasteiger partial charge in [-0.1, -0.05) is 0 Å². The third-order valence-electron chi connectivity index (χ3n) is 1.86. The van der Waals surface area contributed by atoms with E-state index in [9.17, 15) is 13.2 Å². The molecule has 0 N–H and O–H groups in total. The second kappa shape index (κ2) is 4.21. The number of rotatable bonds is 2. The van der Waals surface area contributed by atoms with Crippen LogP contribution in [0.15, 0.2) is 29.9 Å². The van der Waals surface area contributed by atoms with Gasteiger partial charge in [0.25, 0.3) is 0 Å². The molecule has 0 spiro atoms. The fourth-order valence-corrected chi connectivity index (χ4v) is 2.04. The van der Waals surface area contributed by atoms with E-state index in [1.807, 2.05) is 0 Å². The molecule has 0 aliphatic carbocycles. The zero-order chi connectivity index (χ0) is 11.6. The van der Waals surface area contributed by atoms with E-state index in [-0.39, 0.29) is 5.01 Å². The van der Waals surface area contributed by atoms with Gasteiger partial charge in [-0.25, -0.2) is 4.98 Å². The first-order chi connectivity index (χ1) is 7.54. The van der Waals surface area contributed by atoms with Crippen LogP contribution in [-0.2, 0) is 6.42 Å². The van der Waals surface area contributed by atoms with Gasteiger partial charge in [-0.2, -0.15) is 13.2 Å². The molecule has 0 atom stereocenters. The fourth-order valence-electron chi connectivity index (χ4n) is 1.21. The third kappa shape index (κ3) is 2.79. The van der Waals surface area contributed by atoms with Crippen LogP contribution in [0.3, 0.4) is 0 Å². The Morgan fingerprint density at radius 3 is 2.75 bits per heavy atom. The van der Waals surface area contributed by atoms with Gasteiger partial charge in [0.1, 0.15) is 5.01 Å². The Labute approximate surface area is 93.8 Å². The van der Waals surface area contributed by atoms with Gasteiger partial charge >= 0.3 is 6.18 Å². The molecule has 0 saturated carbocycles. The van der Waals surface area contributed by atoms with Crippen molar-refractivity contribution in [2.75, 3.05) is 0 Å². The Kier molecular flexibility index (Phi) is 2.91. The van der Waals surface area contributed by atoms with Crippen LogP contribution in [0, 0.1) is 0 Å². The lowest BCUT2D eigenvalue weighted by molar-refractivity contribution is -0.127. The maximum atomic E-state index is 12.1. The van der Waals surface area contributed by atoms with E-state index >= 15 is 0 Å². The van der Waals surface area contributed by atoms with E-state index in [2.05, 4.69) is 9.97 Å². The van der Waals surface area contributed by atoms with E-state index in [0.29, 0.717) is 5.69 Å². The summed E-state index contributed by atoms with van der Waals surface area (Å²) in [6.45, 7) is 0. The molecule has 2 aromatic rings. The molecule has 0 unspecified atom stereocenters. The van der Waals surface area contributed by atoms with E-state index in [4.69, 9.17) is 0 Å². The maximum Gasteiger partial charge on any atom is 0.395 e. The van der Waals surface area contributed by atoms with Gasteiger partial charge < -0.3 is 0 Å². The first kappa shape index (κ1) is 11.1. The molecule has 0 aliphatic heterocycles. The summed E-state index contributed by atoms with van der Waals surface area (Å²) in [7, 11) is 0. The molecule has 6 heteroatoms. The lowest BCUT2D eigenvalue weighted by Crippen LogP contribution is -2.11. The molecule has 0 aromatic carbocycles. The number of pyridine rings is 1. The van der Waals surface area contributed by atoms with Crippen molar-refractivity contribution in [1.82, 2.24) is 9.97 Å².